The summed E-state index contributed by atoms with van der Waals surface area (Å²) in [5.41, 5.74) is 2.36. The second kappa shape index (κ2) is 9.48. The van der Waals surface area contributed by atoms with Crippen LogP contribution in [-0.4, -0.2) is 30.0 Å². The molecule has 25 heavy (non-hydrogen) atoms. The maximum absolute atomic E-state index is 12.0. The van der Waals surface area contributed by atoms with E-state index < -0.39 is 5.60 Å². The van der Waals surface area contributed by atoms with Crippen molar-refractivity contribution in [1.82, 2.24) is 10.6 Å². The zero-order valence-corrected chi connectivity index (χ0v) is 16.7. The largest absolute Gasteiger partial charge is 0.444 e. The number of hydrogen-bond acceptors (Lipinski definition) is 4. The van der Waals surface area contributed by atoms with E-state index in [2.05, 4.69) is 41.8 Å². The SMILES string of the molecule is CCCCC(CNC(=O)OC(C)(C)C)NC1CSCc2ccccc21. The maximum atomic E-state index is 12.0. The van der Waals surface area contributed by atoms with Crippen LogP contribution in [0.1, 0.15) is 64.1 Å². The Morgan fingerprint density at radius 1 is 1.36 bits per heavy atom. The number of benzene rings is 1. The summed E-state index contributed by atoms with van der Waals surface area (Å²) in [6, 6.07) is 9.27. The number of carbonyl (C=O) groups excluding carboxylic acids is 1. The van der Waals surface area contributed by atoms with E-state index in [-0.39, 0.29) is 12.1 Å². The first-order chi connectivity index (χ1) is 11.9. The summed E-state index contributed by atoms with van der Waals surface area (Å²) in [7, 11) is 0. The molecule has 2 rings (SSSR count). The molecule has 1 aromatic rings. The highest BCUT2D eigenvalue weighted by Crippen LogP contribution is 2.31. The van der Waals surface area contributed by atoms with Gasteiger partial charge in [0.05, 0.1) is 0 Å². The molecule has 5 heteroatoms. The van der Waals surface area contributed by atoms with Crippen LogP contribution in [0.15, 0.2) is 24.3 Å². The average molecular weight is 365 g/mol. The Morgan fingerprint density at radius 3 is 2.84 bits per heavy atom. The topological polar surface area (TPSA) is 50.4 Å². The molecule has 0 aromatic heterocycles. The number of fused-ring (bicyclic) bond motifs is 1. The number of unbranched alkanes of at least 4 members (excludes halogenated alkanes) is 1. The smallest absolute Gasteiger partial charge is 0.407 e. The molecular weight excluding hydrogens is 332 g/mol. The first-order valence-electron chi connectivity index (χ1n) is 9.27. The predicted octanol–water partition coefficient (Wildman–Crippen LogP) is 4.65. The van der Waals surface area contributed by atoms with Gasteiger partial charge in [0.1, 0.15) is 5.60 Å². The molecule has 140 valence electrons. The highest BCUT2D eigenvalue weighted by molar-refractivity contribution is 7.98. The summed E-state index contributed by atoms with van der Waals surface area (Å²) in [5.74, 6) is 2.16. The van der Waals surface area contributed by atoms with Crippen LogP contribution in [0.2, 0.25) is 0 Å². The number of amides is 1. The Hall–Kier alpha value is -1.20. The summed E-state index contributed by atoms with van der Waals surface area (Å²) in [6.45, 7) is 8.45. The molecule has 1 heterocycles. The zero-order chi connectivity index (χ0) is 18.3. The van der Waals surface area contributed by atoms with Crippen LogP contribution in [0.25, 0.3) is 0 Å². The van der Waals surface area contributed by atoms with Gasteiger partial charge in [0.25, 0.3) is 0 Å². The Kier molecular flexibility index (Phi) is 7.63. The van der Waals surface area contributed by atoms with Crippen molar-refractivity contribution in [3.8, 4) is 0 Å². The van der Waals surface area contributed by atoms with Crippen LogP contribution in [0.4, 0.5) is 4.79 Å². The minimum absolute atomic E-state index is 0.254. The lowest BCUT2D eigenvalue weighted by Gasteiger charge is -2.31. The lowest BCUT2D eigenvalue weighted by atomic mass is 10.00. The third-order valence-electron chi connectivity index (χ3n) is 4.21. The van der Waals surface area contributed by atoms with Gasteiger partial charge in [-0.05, 0) is 38.3 Å². The highest BCUT2D eigenvalue weighted by Gasteiger charge is 2.23. The van der Waals surface area contributed by atoms with Crippen LogP contribution < -0.4 is 10.6 Å². The number of alkyl carbamates (subject to hydrolysis) is 1. The van der Waals surface area contributed by atoms with E-state index in [9.17, 15) is 4.79 Å². The Labute approximate surface area is 156 Å². The molecule has 0 aliphatic carbocycles. The molecule has 1 aromatic carbocycles. The molecule has 0 spiro atoms. The maximum Gasteiger partial charge on any atom is 0.407 e. The van der Waals surface area contributed by atoms with Gasteiger partial charge in [-0.3, -0.25) is 0 Å². The average Bonchev–Trinajstić information content (AvgIpc) is 2.56. The Morgan fingerprint density at radius 2 is 2.12 bits per heavy atom. The van der Waals surface area contributed by atoms with E-state index >= 15 is 0 Å². The predicted molar refractivity (Wildman–Crippen MR) is 106 cm³/mol. The minimum atomic E-state index is -0.463. The second-order valence-electron chi connectivity index (χ2n) is 7.66. The van der Waals surface area contributed by atoms with E-state index in [0.717, 1.165) is 30.8 Å². The number of ether oxygens (including phenoxy) is 1. The lowest BCUT2D eigenvalue weighted by molar-refractivity contribution is 0.0521. The quantitative estimate of drug-likeness (QED) is 0.739. The van der Waals surface area contributed by atoms with E-state index in [1.165, 1.54) is 11.1 Å². The zero-order valence-electron chi connectivity index (χ0n) is 15.9. The molecular formula is C20H32N2O2S. The molecule has 0 bridgehead atoms. The first kappa shape index (κ1) is 20.1. The summed E-state index contributed by atoms with van der Waals surface area (Å²) < 4.78 is 5.36. The van der Waals surface area contributed by atoms with Crippen molar-refractivity contribution in [2.24, 2.45) is 0 Å². The number of rotatable bonds is 7. The normalized spacial score (nSPS) is 18.3. The fraction of sp³-hybridized carbons (Fsp3) is 0.650. The molecule has 2 atom stereocenters. The van der Waals surface area contributed by atoms with Crippen LogP contribution in [0, 0.1) is 0 Å². The number of hydrogen-bond donors (Lipinski definition) is 2. The fourth-order valence-electron chi connectivity index (χ4n) is 3.02. The third-order valence-corrected chi connectivity index (χ3v) is 5.29. The van der Waals surface area contributed by atoms with Crippen LogP contribution in [0.5, 0.6) is 0 Å². The van der Waals surface area contributed by atoms with Gasteiger partial charge in [-0.2, -0.15) is 11.8 Å². The summed E-state index contributed by atoms with van der Waals surface area (Å²) >= 11 is 1.97. The van der Waals surface area contributed by atoms with Crippen LogP contribution in [0.3, 0.4) is 0 Å². The van der Waals surface area contributed by atoms with Crippen molar-refractivity contribution in [2.75, 3.05) is 12.3 Å². The molecule has 2 N–H and O–H groups in total. The third kappa shape index (κ3) is 6.90. The Balaban J connectivity index is 1.95. The van der Waals surface area contributed by atoms with Crippen LogP contribution >= 0.6 is 11.8 Å². The molecule has 0 saturated heterocycles. The number of thioether (sulfide) groups is 1. The van der Waals surface area contributed by atoms with Gasteiger partial charge >= 0.3 is 6.09 Å². The van der Waals surface area contributed by atoms with Crippen molar-refractivity contribution >= 4 is 17.9 Å². The Bertz CT molecular complexity index is 557. The van der Waals surface area contributed by atoms with Gasteiger partial charge in [-0.25, -0.2) is 4.79 Å². The van der Waals surface area contributed by atoms with Gasteiger partial charge in [0, 0.05) is 30.1 Å². The molecule has 0 saturated carbocycles. The van der Waals surface area contributed by atoms with Crippen molar-refractivity contribution in [3.05, 3.63) is 35.4 Å². The van der Waals surface area contributed by atoms with E-state index in [1.54, 1.807) is 0 Å². The second-order valence-corrected chi connectivity index (χ2v) is 8.69. The minimum Gasteiger partial charge on any atom is -0.444 e. The van der Waals surface area contributed by atoms with Crippen molar-refractivity contribution < 1.29 is 9.53 Å². The molecule has 2 unspecified atom stereocenters. The number of carbonyl (C=O) groups is 1. The summed E-state index contributed by atoms with van der Waals surface area (Å²) in [4.78, 5) is 12.0. The van der Waals surface area contributed by atoms with Gasteiger partial charge in [-0.1, -0.05) is 44.0 Å². The van der Waals surface area contributed by atoms with Crippen molar-refractivity contribution in [1.29, 1.82) is 0 Å². The molecule has 0 fully saturated rings. The fourth-order valence-corrected chi connectivity index (χ4v) is 4.13. The standard InChI is InChI=1S/C20H32N2O2S/c1-5-6-10-16(12-21-19(23)24-20(2,3)4)22-18-14-25-13-15-9-7-8-11-17(15)18/h7-9,11,16,18,22H,5-6,10,12-14H2,1-4H3,(H,21,23). The van der Waals surface area contributed by atoms with E-state index in [0.29, 0.717) is 12.6 Å². The monoisotopic (exact) mass is 364 g/mol. The van der Waals surface area contributed by atoms with Crippen molar-refractivity contribution in [3.63, 3.8) is 0 Å². The molecule has 1 aliphatic rings. The van der Waals surface area contributed by atoms with Gasteiger partial charge in [0.2, 0.25) is 0 Å². The van der Waals surface area contributed by atoms with Gasteiger partial charge in [0.15, 0.2) is 0 Å². The van der Waals surface area contributed by atoms with Gasteiger partial charge < -0.3 is 15.4 Å². The molecule has 4 nitrogen and oxygen atoms in total. The summed E-state index contributed by atoms with van der Waals surface area (Å²) in [5, 5.41) is 6.71. The van der Waals surface area contributed by atoms with E-state index in [4.69, 9.17) is 4.74 Å². The molecule has 1 aliphatic heterocycles. The first-order valence-corrected chi connectivity index (χ1v) is 10.4. The molecule has 1 amide bonds. The highest BCUT2D eigenvalue weighted by atomic mass is 32.2. The van der Waals surface area contributed by atoms with E-state index in [1.807, 2.05) is 32.5 Å². The van der Waals surface area contributed by atoms with Crippen molar-refractivity contribution in [2.45, 2.75) is 70.4 Å². The van der Waals surface area contributed by atoms with Gasteiger partial charge in [-0.15, -0.1) is 0 Å². The number of nitrogens with one attached hydrogen (secondary N) is 2. The van der Waals surface area contributed by atoms with Crippen LogP contribution in [-0.2, 0) is 10.5 Å². The lowest BCUT2D eigenvalue weighted by Crippen LogP contribution is -2.45. The summed E-state index contributed by atoms with van der Waals surface area (Å²) in [6.07, 6.45) is 3.01. The molecule has 0 radical (unpaired) electrons.